The van der Waals surface area contributed by atoms with Crippen LogP contribution in [0.5, 0.6) is 0 Å². The molecule has 0 aliphatic rings. The normalized spacial score (nSPS) is 12.2. The first-order chi connectivity index (χ1) is 8.65. The molecule has 0 saturated heterocycles. The highest BCUT2D eigenvalue weighted by atomic mass is 16.4. The van der Waals surface area contributed by atoms with Crippen molar-refractivity contribution in [1.82, 2.24) is 0 Å². The first-order valence-electron chi connectivity index (χ1n) is 5.71. The summed E-state index contributed by atoms with van der Waals surface area (Å²) in [5, 5.41) is 12.7. The molecule has 0 heterocycles. The van der Waals surface area contributed by atoms with Gasteiger partial charge in [0.25, 0.3) is 0 Å². The van der Waals surface area contributed by atoms with Gasteiger partial charge in [0.05, 0.1) is 5.97 Å². The van der Waals surface area contributed by atoms with Gasteiger partial charge in [0, 0.05) is 0 Å². The Morgan fingerprint density at radius 1 is 1.11 bits per heavy atom. The predicted molar refractivity (Wildman–Crippen MR) is 71.7 cm³/mol. The number of allylic oxidation sites excluding steroid dienone is 2. The smallest absolute Gasteiger partial charge is 0.0645 e. The van der Waals surface area contributed by atoms with Crippen molar-refractivity contribution in [3.05, 3.63) is 65.8 Å². The maximum absolute atomic E-state index is 10.4. The number of hydrogen-bond donors (Lipinski definition) is 0. The maximum atomic E-state index is 10.4. The lowest BCUT2D eigenvalue weighted by atomic mass is 10.1. The Morgan fingerprint density at radius 2 is 1.83 bits per heavy atom. The third kappa shape index (κ3) is 3.08. The van der Waals surface area contributed by atoms with E-state index in [-0.39, 0.29) is 0 Å². The first kappa shape index (κ1) is 12.1. The molecule has 0 aliphatic carbocycles. The molecule has 2 aromatic carbocycles. The molecule has 0 aliphatic heterocycles. The van der Waals surface area contributed by atoms with Crippen molar-refractivity contribution in [3.63, 3.8) is 0 Å². The van der Waals surface area contributed by atoms with Gasteiger partial charge in [-0.1, -0.05) is 48.6 Å². The highest BCUT2D eigenvalue weighted by Crippen LogP contribution is 2.16. The Kier molecular flexibility index (Phi) is 3.58. The molecule has 0 radical (unpaired) electrons. The number of rotatable bonds is 3. The van der Waals surface area contributed by atoms with Gasteiger partial charge in [0.15, 0.2) is 0 Å². The van der Waals surface area contributed by atoms with Crippen molar-refractivity contribution >= 4 is 22.8 Å². The molecule has 0 atom stereocenters. The number of benzene rings is 2. The molecule has 0 spiro atoms. The minimum atomic E-state index is -1.17. The van der Waals surface area contributed by atoms with E-state index in [0.717, 1.165) is 11.6 Å². The lowest BCUT2D eigenvalue weighted by molar-refractivity contribution is -0.297. The highest BCUT2D eigenvalue weighted by Gasteiger charge is 1.92. The third-order valence-corrected chi connectivity index (χ3v) is 2.66. The van der Waals surface area contributed by atoms with Crippen LogP contribution in [0.15, 0.2) is 60.2 Å². The van der Waals surface area contributed by atoms with Gasteiger partial charge in [0.1, 0.15) is 0 Å². The van der Waals surface area contributed by atoms with Crippen LogP contribution in [0.25, 0.3) is 16.8 Å². The van der Waals surface area contributed by atoms with Crippen LogP contribution >= 0.6 is 0 Å². The molecule has 0 unspecified atom stereocenters. The van der Waals surface area contributed by atoms with Gasteiger partial charge in [-0.25, -0.2) is 0 Å². The molecule has 0 saturated carbocycles. The summed E-state index contributed by atoms with van der Waals surface area (Å²) in [5.74, 6) is -1.17. The Hall–Kier alpha value is -2.35. The molecule has 0 N–H and O–H groups in total. The largest absolute Gasteiger partial charge is 0.545 e. The van der Waals surface area contributed by atoms with Crippen molar-refractivity contribution in [2.75, 3.05) is 0 Å². The summed E-state index contributed by atoms with van der Waals surface area (Å²) in [4.78, 5) is 10.4. The molecule has 2 nitrogen and oxygen atoms in total. The van der Waals surface area contributed by atoms with Gasteiger partial charge >= 0.3 is 0 Å². The molecule has 0 aromatic heterocycles. The molecule has 18 heavy (non-hydrogen) atoms. The Bertz CT molecular complexity index is 636. The number of aliphatic carboxylic acids is 1. The van der Waals surface area contributed by atoms with Crippen molar-refractivity contribution in [2.24, 2.45) is 0 Å². The second kappa shape index (κ2) is 5.32. The summed E-state index contributed by atoms with van der Waals surface area (Å²) in [6.07, 6.45) is 4.73. The van der Waals surface area contributed by atoms with Crippen LogP contribution in [0.3, 0.4) is 0 Å². The summed E-state index contributed by atoms with van der Waals surface area (Å²) in [5.41, 5.74) is 1.70. The second-order valence-corrected chi connectivity index (χ2v) is 4.15. The second-order valence-electron chi connectivity index (χ2n) is 4.15. The zero-order valence-electron chi connectivity index (χ0n) is 10.1. The fourth-order valence-electron chi connectivity index (χ4n) is 1.77. The standard InChI is InChI=1S/C16H14O2/c1-12(10-16(17)18)6-7-13-8-9-14-4-2-3-5-15(14)11-13/h2-11H,1H3,(H,17,18)/p-1/b7-6+,12-10-. The van der Waals surface area contributed by atoms with Gasteiger partial charge in [-0.2, -0.15) is 0 Å². The summed E-state index contributed by atoms with van der Waals surface area (Å²) < 4.78 is 0. The van der Waals surface area contributed by atoms with Crippen LogP contribution < -0.4 is 5.11 Å². The van der Waals surface area contributed by atoms with Gasteiger partial charge in [-0.3, -0.25) is 0 Å². The van der Waals surface area contributed by atoms with Gasteiger partial charge in [0.2, 0.25) is 0 Å². The van der Waals surface area contributed by atoms with Crippen LogP contribution in [-0.2, 0) is 4.79 Å². The van der Waals surface area contributed by atoms with Gasteiger partial charge in [-0.15, -0.1) is 0 Å². The first-order valence-corrected chi connectivity index (χ1v) is 5.71. The number of carboxylic acids is 1. The fourth-order valence-corrected chi connectivity index (χ4v) is 1.77. The van der Waals surface area contributed by atoms with E-state index in [1.54, 1.807) is 13.0 Å². The van der Waals surface area contributed by atoms with Crippen molar-refractivity contribution in [2.45, 2.75) is 6.92 Å². The molecular weight excluding hydrogens is 224 g/mol. The van der Waals surface area contributed by atoms with Gasteiger partial charge in [-0.05, 0) is 41.0 Å². The monoisotopic (exact) mass is 237 g/mol. The predicted octanol–water partition coefficient (Wildman–Crippen LogP) is 2.55. The summed E-state index contributed by atoms with van der Waals surface area (Å²) >= 11 is 0. The molecule has 0 bridgehead atoms. The fraction of sp³-hybridized carbons (Fsp3) is 0.0625. The van der Waals surface area contributed by atoms with Crippen molar-refractivity contribution < 1.29 is 9.90 Å². The third-order valence-electron chi connectivity index (χ3n) is 2.66. The van der Waals surface area contributed by atoms with Crippen molar-refractivity contribution in [1.29, 1.82) is 0 Å². The van der Waals surface area contributed by atoms with Crippen LogP contribution in [0.1, 0.15) is 12.5 Å². The highest BCUT2D eigenvalue weighted by molar-refractivity contribution is 5.85. The average Bonchev–Trinajstić information content (AvgIpc) is 2.35. The zero-order chi connectivity index (χ0) is 13.0. The van der Waals surface area contributed by atoms with Crippen LogP contribution in [-0.4, -0.2) is 5.97 Å². The summed E-state index contributed by atoms with van der Waals surface area (Å²) in [6, 6.07) is 14.2. The quantitative estimate of drug-likeness (QED) is 0.608. The van der Waals surface area contributed by atoms with E-state index in [2.05, 4.69) is 18.2 Å². The molecular formula is C16H13O2-. The number of carboxylic acid groups (broad SMARTS) is 1. The Labute approximate surface area is 106 Å². The van der Waals surface area contributed by atoms with E-state index >= 15 is 0 Å². The average molecular weight is 237 g/mol. The minimum absolute atomic E-state index is 0.656. The maximum Gasteiger partial charge on any atom is 0.0645 e. The van der Waals surface area contributed by atoms with E-state index in [0.29, 0.717) is 5.57 Å². The topological polar surface area (TPSA) is 40.1 Å². The van der Waals surface area contributed by atoms with E-state index < -0.39 is 5.97 Å². The van der Waals surface area contributed by atoms with E-state index in [4.69, 9.17) is 0 Å². The number of hydrogen-bond acceptors (Lipinski definition) is 2. The number of carbonyl (C=O) groups is 1. The summed E-state index contributed by atoms with van der Waals surface area (Å²) in [7, 11) is 0. The van der Waals surface area contributed by atoms with E-state index in [1.165, 1.54) is 10.8 Å². The molecule has 2 rings (SSSR count). The van der Waals surface area contributed by atoms with E-state index in [9.17, 15) is 9.90 Å². The molecule has 0 fully saturated rings. The lowest BCUT2D eigenvalue weighted by Crippen LogP contribution is -2.19. The molecule has 2 heteroatoms. The zero-order valence-corrected chi connectivity index (χ0v) is 10.1. The van der Waals surface area contributed by atoms with Gasteiger partial charge < -0.3 is 9.90 Å². The minimum Gasteiger partial charge on any atom is -0.545 e. The SMILES string of the molecule is CC(=C/C(=O)[O-])/C=C/c1ccc2ccccc2c1. The number of carbonyl (C=O) groups excluding carboxylic acids is 1. The van der Waals surface area contributed by atoms with Crippen LogP contribution in [0.2, 0.25) is 0 Å². The molecule has 2 aromatic rings. The van der Waals surface area contributed by atoms with E-state index in [1.807, 2.05) is 30.3 Å². The Balaban J connectivity index is 2.27. The van der Waals surface area contributed by atoms with Crippen molar-refractivity contribution in [3.8, 4) is 0 Å². The lowest BCUT2D eigenvalue weighted by Gasteiger charge is -1.99. The van der Waals surface area contributed by atoms with Crippen LogP contribution in [0.4, 0.5) is 0 Å². The Morgan fingerprint density at radius 3 is 2.56 bits per heavy atom. The summed E-state index contributed by atoms with van der Waals surface area (Å²) in [6.45, 7) is 1.73. The van der Waals surface area contributed by atoms with Crippen LogP contribution in [0, 0.1) is 0 Å². The molecule has 0 amide bonds. The molecule has 90 valence electrons. The number of fused-ring (bicyclic) bond motifs is 1.